The van der Waals surface area contributed by atoms with Crippen LogP contribution in [0.4, 0.5) is 5.69 Å². The van der Waals surface area contributed by atoms with E-state index >= 15 is 0 Å². The molecule has 1 amide bonds. The van der Waals surface area contributed by atoms with Gasteiger partial charge in [-0.2, -0.15) is 0 Å². The first-order chi connectivity index (χ1) is 14.0. The van der Waals surface area contributed by atoms with Crippen molar-refractivity contribution < 1.29 is 24.1 Å². The summed E-state index contributed by atoms with van der Waals surface area (Å²) in [5, 5.41) is 15.9. The number of hydrogen-bond acceptors (Lipinski definition) is 6. The number of aliphatic hydroxyl groups excluding tert-OH is 1. The maximum absolute atomic E-state index is 12.9. The van der Waals surface area contributed by atoms with Crippen LogP contribution in [0.5, 0.6) is 11.5 Å². The second-order valence-electron chi connectivity index (χ2n) is 7.14. The van der Waals surface area contributed by atoms with E-state index in [1.54, 1.807) is 21.1 Å². The molecule has 7 heteroatoms. The van der Waals surface area contributed by atoms with Gasteiger partial charge in [0, 0.05) is 18.7 Å². The Morgan fingerprint density at radius 2 is 1.93 bits per heavy atom. The molecule has 3 rings (SSSR count). The Hall–Kier alpha value is -2.61. The number of methoxy groups -OCH3 is 2. The standard InChI is InChI=1S/C22H28N2O5/c1-15(25)14-29-22(13-17-6-4-5-7-18(17)24-21(22)26)23-11-10-16-8-9-19(27-2)20(12-16)28-3/h4-9,12,15,23,25H,10-11,13-14H2,1-3H3,(H,24,26). The SMILES string of the molecule is COc1ccc(CCNC2(OCC(C)O)Cc3ccccc3NC2=O)cc1OC. The summed E-state index contributed by atoms with van der Waals surface area (Å²) in [4.78, 5) is 12.9. The molecule has 1 heterocycles. The number of carbonyl (C=O) groups excluding carboxylic acids is 1. The number of carbonyl (C=O) groups is 1. The van der Waals surface area contributed by atoms with Crippen LogP contribution in [0.25, 0.3) is 0 Å². The van der Waals surface area contributed by atoms with Gasteiger partial charge in [0.05, 0.1) is 26.9 Å². The highest BCUT2D eigenvalue weighted by atomic mass is 16.5. The molecule has 7 nitrogen and oxygen atoms in total. The fourth-order valence-electron chi connectivity index (χ4n) is 3.39. The lowest BCUT2D eigenvalue weighted by Crippen LogP contribution is -2.61. The number of aliphatic hydroxyl groups is 1. The summed E-state index contributed by atoms with van der Waals surface area (Å²) in [6.45, 7) is 2.19. The Morgan fingerprint density at radius 1 is 1.17 bits per heavy atom. The van der Waals surface area contributed by atoms with Crippen LogP contribution < -0.4 is 20.1 Å². The average molecular weight is 400 g/mol. The first-order valence-electron chi connectivity index (χ1n) is 9.65. The molecule has 2 aromatic rings. The molecule has 2 unspecified atom stereocenters. The number of rotatable bonds is 9. The first-order valence-corrected chi connectivity index (χ1v) is 9.65. The minimum atomic E-state index is -1.23. The number of para-hydroxylation sites is 1. The molecule has 0 fully saturated rings. The van der Waals surface area contributed by atoms with Crippen molar-refractivity contribution in [1.82, 2.24) is 5.32 Å². The minimum absolute atomic E-state index is 0.0545. The van der Waals surface area contributed by atoms with E-state index < -0.39 is 11.8 Å². The van der Waals surface area contributed by atoms with E-state index in [9.17, 15) is 9.90 Å². The number of ether oxygens (including phenoxy) is 3. The first kappa shape index (κ1) is 21.1. The highest BCUT2D eigenvalue weighted by Gasteiger charge is 2.43. The highest BCUT2D eigenvalue weighted by Crippen LogP contribution is 2.30. The lowest BCUT2D eigenvalue weighted by molar-refractivity contribution is -0.152. The van der Waals surface area contributed by atoms with Gasteiger partial charge in [-0.25, -0.2) is 0 Å². The van der Waals surface area contributed by atoms with E-state index in [1.165, 1.54) is 0 Å². The Balaban J connectivity index is 1.74. The van der Waals surface area contributed by atoms with Gasteiger partial charge < -0.3 is 24.6 Å². The number of amides is 1. The largest absolute Gasteiger partial charge is 0.493 e. The predicted molar refractivity (Wildman–Crippen MR) is 110 cm³/mol. The summed E-state index contributed by atoms with van der Waals surface area (Å²) in [5.74, 6) is 1.07. The number of benzene rings is 2. The molecular formula is C22H28N2O5. The molecule has 3 N–H and O–H groups in total. The van der Waals surface area contributed by atoms with Gasteiger partial charge in [0.25, 0.3) is 5.91 Å². The van der Waals surface area contributed by atoms with Crippen molar-refractivity contribution >= 4 is 11.6 Å². The van der Waals surface area contributed by atoms with Crippen LogP contribution in [0.2, 0.25) is 0 Å². The number of fused-ring (bicyclic) bond motifs is 1. The van der Waals surface area contributed by atoms with E-state index in [1.807, 2.05) is 42.5 Å². The molecule has 2 atom stereocenters. The van der Waals surface area contributed by atoms with E-state index in [2.05, 4.69) is 10.6 Å². The van der Waals surface area contributed by atoms with Crippen molar-refractivity contribution in [2.24, 2.45) is 0 Å². The fraction of sp³-hybridized carbons (Fsp3) is 0.409. The topological polar surface area (TPSA) is 89.0 Å². The molecule has 1 aliphatic heterocycles. The van der Waals surface area contributed by atoms with E-state index in [0.29, 0.717) is 30.9 Å². The second-order valence-corrected chi connectivity index (χ2v) is 7.14. The van der Waals surface area contributed by atoms with Gasteiger partial charge in [-0.15, -0.1) is 0 Å². The molecule has 0 aromatic heterocycles. The maximum Gasteiger partial charge on any atom is 0.272 e. The van der Waals surface area contributed by atoms with Crippen LogP contribution in [0.15, 0.2) is 42.5 Å². The lowest BCUT2D eigenvalue weighted by atomic mass is 9.95. The molecule has 0 saturated heterocycles. The van der Waals surface area contributed by atoms with Crippen LogP contribution in [-0.2, 0) is 22.4 Å². The van der Waals surface area contributed by atoms with Crippen molar-refractivity contribution in [3.8, 4) is 11.5 Å². The van der Waals surface area contributed by atoms with Crippen molar-refractivity contribution in [2.45, 2.75) is 31.6 Å². The fourth-order valence-corrected chi connectivity index (χ4v) is 3.39. The molecule has 0 spiro atoms. The molecule has 29 heavy (non-hydrogen) atoms. The monoisotopic (exact) mass is 400 g/mol. The molecule has 0 saturated carbocycles. The normalized spacial score (nSPS) is 19.2. The Bertz CT molecular complexity index is 855. The molecular weight excluding hydrogens is 372 g/mol. The summed E-state index contributed by atoms with van der Waals surface area (Å²) in [6.07, 6.45) is 0.368. The molecule has 1 aliphatic rings. The molecule has 156 valence electrons. The van der Waals surface area contributed by atoms with Crippen molar-refractivity contribution in [3.63, 3.8) is 0 Å². The molecule has 0 aliphatic carbocycles. The number of nitrogens with one attached hydrogen (secondary N) is 2. The van der Waals surface area contributed by atoms with Crippen LogP contribution in [0.1, 0.15) is 18.1 Å². The quantitative estimate of drug-likeness (QED) is 0.559. The number of anilines is 1. The Morgan fingerprint density at radius 3 is 2.66 bits per heavy atom. The van der Waals surface area contributed by atoms with Crippen molar-refractivity contribution in [3.05, 3.63) is 53.6 Å². The zero-order valence-electron chi connectivity index (χ0n) is 17.0. The van der Waals surface area contributed by atoms with Crippen LogP contribution in [-0.4, -0.2) is 50.2 Å². The summed E-state index contributed by atoms with van der Waals surface area (Å²) >= 11 is 0. The van der Waals surface area contributed by atoms with Crippen molar-refractivity contribution in [2.75, 3.05) is 32.7 Å². The number of hydrogen-bond donors (Lipinski definition) is 3. The van der Waals surface area contributed by atoms with Gasteiger partial charge in [0.2, 0.25) is 5.72 Å². The van der Waals surface area contributed by atoms with E-state index in [4.69, 9.17) is 14.2 Å². The molecule has 2 aromatic carbocycles. The molecule has 0 radical (unpaired) electrons. The van der Waals surface area contributed by atoms with Gasteiger partial charge in [-0.1, -0.05) is 24.3 Å². The third kappa shape index (κ3) is 4.87. The van der Waals surface area contributed by atoms with Gasteiger partial charge in [0.15, 0.2) is 11.5 Å². The third-order valence-corrected chi connectivity index (χ3v) is 4.91. The Labute approximate surface area is 171 Å². The van der Waals surface area contributed by atoms with Crippen LogP contribution in [0.3, 0.4) is 0 Å². The highest BCUT2D eigenvalue weighted by molar-refractivity contribution is 6.00. The zero-order chi connectivity index (χ0) is 20.9. The third-order valence-electron chi connectivity index (χ3n) is 4.91. The molecule has 0 bridgehead atoms. The minimum Gasteiger partial charge on any atom is -0.493 e. The smallest absolute Gasteiger partial charge is 0.272 e. The lowest BCUT2D eigenvalue weighted by Gasteiger charge is -2.38. The summed E-state index contributed by atoms with van der Waals surface area (Å²) in [6, 6.07) is 13.4. The average Bonchev–Trinajstić information content (AvgIpc) is 2.72. The zero-order valence-corrected chi connectivity index (χ0v) is 17.0. The maximum atomic E-state index is 12.9. The van der Waals surface area contributed by atoms with Crippen molar-refractivity contribution in [1.29, 1.82) is 0 Å². The van der Waals surface area contributed by atoms with Gasteiger partial charge in [-0.05, 0) is 42.7 Å². The van der Waals surface area contributed by atoms with Crippen LogP contribution >= 0.6 is 0 Å². The second kappa shape index (κ2) is 9.26. The van der Waals surface area contributed by atoms with Gasteiger partial charge in [0.1, 0.15) is 0 Å². The summed E-state index contributed by atoms with van der Waals surface area (Å²) in [7, 11) is 3.20. The Kier molecular flexibility index (Phi) is 6.74. The summed E-state index contributed by atoms with van der Waals surface area (Å²) < 4.78 is 16.5. The van der Waals surface area contributed by atoms with Gasteiger partial charge in [-0.3, -0.25) is 10.1 Å². The van der Waals surface area contributed by atoms with Gasteiger partial charge >= 0.3 is 0 Å². The van der Waals surface area contributed by atoms with E-state index in [-0.39, 0.29) is 12.5 Å². The summed E-state index contributed by atoms with van der Waals surface area (Å²) in [5.41, 5.74) is 1.58. The predicted octanol–water partition coefficient (Wildman–Crippen LogP) is 2.12. The van der Waals surface area contributed by atoms with E-state index in [0.717, 1.165) is 16.8 Å². The van der Waals surface area contributed by atoms with Crippen LogP contribution in [0, 0.1) is 0 Å².